The van der Waals surface area contributed by atoms with Crippen molar-refractivity contribution < 1.29 is 29.1 Å². The second kappa shape index (κ2) is 12.2. The minimum atomic E-state index is -0.715. The third kappa shape index (κ3) is 6.68. The Morgan fingerprint density at radius 2 is 1.94 bits per heavy atom. The summed E-state index contributed by atoms with van der Waals surface area (Å²) in [5, 5.41) is 14.2. The van der Waals surface area contributed by atoms with Gasteiger partial charge in [0.2, 0.25) is 0 Å². The summed E-state index contributed by atoms with van der Waals surface area (Å²) in [5.74, 6) is -1.19. The number of fused-ring (bicyclic) bond motifs is 1. The van der Waals surface area contributed by atoms with E-state index < -0.39 is 5.97 Å². The number of halogens is 1. The number of hydrogen-bond donors (Lipinski definition) is 1. The Balaban J connectivity index is 1.92. The van der Waals surface area contributed by atoms with E-state index in [1.54, 1.807) is 11.0 Å². The first-order chi connectivity index (χ1) is 16.0. The second-order valence-corrected chi connectivity index (χ2v) is 8.14. The van der Waals surface area contributed by atoms with Gasteiger partial charge in [-0.1, -0.05) is 35.0 Å². The molecular formula is C24H27ClN2O6. The summed E-state index contributed by atoms with van der Waals surface area (Å²) in [4.78, 5) is 43.7. The molecule has 1 fully saturated rings. The van der Waals surface area contributed by atoms with E-state index >= 15 is 0 Å². The van der Waals surface area contributed by atoms with E-state index in [1.807, 2.05) is 18.2 Å². The predicted octanol–water partition coefficient (Wildman–Crippen LogP) is 3.85. The maximum Gasteiger partial charge on any atom is 0.339 e. The van der Waals surface area contributed by atoms with Crippen LogP contribution in [0.4, 0.5) is 0 Å². The molecule has 1 aromatic rings. The number of esters is 1. The van der Waals surface area contributed by atoms with Gasteiger partial charge < -0.3 is 19.6 Å². The van der Waals surface area contributed by atoms with Crippen LogP contribution in [0.5, 0.6) is 5.75 Å². The van der Waals surface area contributed by atoms with Crippen LogP contribution in [0.3, 0.4) is 0 Å². The van der Waals surface area contributed by atoms with E-state index in [1.165, 1.54) is 0 Å². The van der Waals surface area contributed by atoms with Gasteiger partial charge in [-0.15, -0.1) is 0 Å². The third-order valence-corrected chi connectivity index (χ3v) is 5.81. The van der Waals surface area contributed by atoms with Crippen LogP contribution in [0.1, 0.15) is 58.4 Å². The number of aldehydes is 1. The first kappa shape index (κ1) is 24.5. The summed E-state index contributed by atoms with van der Waals surface area (Å²) in [5.41, 5.74) is 0.522. The Morgan fingerprint density at radius 3 is 2.70 bits per heavy atom. The number of amides is 1. The number of benzene rings is 1. The molecule has 0 bridgehead atoms. The van der Waals surface area contributed by atoms with Gasteiger partial charge in [-0.05, 0) is 49.8 Å². The molecule has 0 atom stereocenters. The Morgan fingerprint density at radius 1 is 1.21 bits per heavy atom. The van der Waals surface area contributed by atoms with Gasteiger partial charge in [-0.3, -0.25) is 9.59 Å². The largest absolute Gasteiger partial charge is 0.506 e. The molecule has 0 spiro atoms. The molecule has 0 aliphatic carbocycles. The van der Waals surface area contributed by atoms with Gasteiger partial charge >= 0.3 is 5.97 Å². The summed E-state index contributed by atoms with van der Waals surface area (Å²) < 4.78 is 5.33. The predicted molar refractivity (Wildman–Crippen MR) is 124 cm³/mol. The number of aromatic hydroxyl groups is 1. The molecule has 1 aromatic carbocycles. The summed E-state index contributed by atoms with van der Waals surface area (Å²) in [7, 11) is 0. The smallest absolute Gasteiger partial charge is 0.339 e. The molecule has 1 N–H and O–H groups in total. The maximum atomic E-state index is 12.8. The number of hydrogen-bond acceptors (Lipinski definition) is 7. The van der Waals surface area contributed by atoms with E-state index in [-0.39, 0.29) is 53.0 Å². The van der Waals surface area contributed by atoms with E-state index in [9.17, 15) is 19.5 Å². The summed E-state index contributed by atoms with van der Waals surface area (Å²) >= 11 is 6.33. The molecule has 0 aromatic heterocycles. The van der Waals surface area contributed by atoms with Crippen molar-refractivity contribution in [1.29, 1.82) is 0 Å². The first-order valence-electron chi connectivity index (χ1n) is 11.0. The van der Waals surface area contributed by atoms with Crippen molar-refractivity contribution in [2.24, 2.45) is 5.16 Å². The molecule has 2 aliphatic rings. The molecule has 0 unspecified atom stereocenters. The fourth-order valence-electron chi connectivity index (χ4n) is 3.69. The molecule has 33 heavy (non-hydrogen) atoms. The van der Waals surface area contributed by atoms with Crippen LogP contribution in [-0.2, 0) is 20.8 Å². The zero-order chi connectivity index (χ0) is 23.6. The lowest BCUT2D eigenvalue weighted by atomic mass is 9.96. The number of cyclic esters (lactones) is 1. The Kier molecular flexibility index (Phi) is 9.06. The number of likely N-dealkylation sites (tertiary alicyclic amines) is 1. The van der Waals surface area contributed by atoms with Gasteiger partial charge in [0.25, 0.3) is 5.91 Å². The number of phenolic OH excluding ortho intramolecular Hbond substituents is 1. The molecule has 1 saturated heterocycles. The Labute approximate surface area is 197 Å². The number of carbonyl (C=O) groups excluding carboxylic acids is 3. The van der Waals surface area contributed by atoms with Crippen molar-refractivity contribution in [2.45, 2.75) is 38.5 Å². The molecule has 176 valence electrons. The van der Waals surface area contributed by atoms with Crippen LogP contribution in [0.15, 0.2) is 35.5 Å². The van der Waals surface area contributed by atoms with Crippen molar-refractivity contribution in [2.75, 3.05) is 26.3 Å². The molecule has 2 aliphatic heterocycles. The van der Waals surface area contributed by atoms with Crippen molar-refractivity contribution in [3.8, 4) is 5.75 Å². The third-order valence-electron chi connectivity index (χ3n) is 5.38. The summed E-state index contributed by atoms with van der Waals surface area (Å²) in [6.45, 7) is 1.36. The molecule has 9 heteroatoms. The lowest BCUT2D eigenvalue weighted by Crippen LogP contribution is -2.30. The highest BCUT2D eigenvalue weighted by molar-refractivity contribution is 6.34. The van der Waals surface area contributed by atoms with Crippen LogP contribution in [0.25, 0.3) is 0 Å². The van der Waals surface area contributed by atoms with Crippen LogP contribution in [0, 0.1) is 0 Å². The Hall–Kier alpha value is -3.13. The number of allylic oxidation sites excluding steroid dienone is 3. The normalized spacial score (nSPS) is 20.5. The molecule has 0 radical (unpaired) electrons. The highest BCUT2D eigenvalue weighted by atomic mass is 35.5. The molecular weight excluding hydrogens is 448 g/mol. The first-order valence-corrected chi connectivity index (χ1v) is 11.3. The standard InChI is InChI=1S/C24H27ClN2O6/c25-23-19-14-18(26-33-16-21(30)27-10-6-7-11-27)9-5-3-1-2-4-8-12-32-24(31)22(19)17(15-28)13-20(23)29/h2,4-5,9,13,15,29H,1,3,6-8,10-12,14,16H2/b4-2+,9-5+,26-18+. The van der Waals surface area contributed by atoms with Crippen LogP contribution in [-0.4, -0.2) is 60.2 Å². The monoisotopic (exact) mass is 474 g/mol. The highest BCUT2D eigenvalue weighted by Gasteiger charge is 2.24. The molecule has 0 saturated carbocycles. The fraction of sp³-hybridized carbons (Fsp3) is 0.417. The average molecular weight is 475 g/mol. The van der Waals surface area contributed by atoms with Gasteiger partial charge in [-0.2, -0.15) is 0 Å². The second-order valence-electron chi connectivity index (χ2n) is 7.77. The van der Waals surface area contributed by atoms with Gasteiger partial charge in [0, 0.05) is 25.1 Å². The highest BCUT2D eigenvalue weighted by Crippen LogP contribution is 2.33. The Bertz CT molecular complexity index is 980. The van der Waals surface area contributed by atoms with Crippen molar-refractivity contribution in [1.82, 2.24) is 4.90 Å². The number of oxime groups is 1. The van der Waals surface area contributed by atoms with E-state index in [0.29, 0.717) is 31.5 Å². The van der Waals surface area contributed by atoms with Crippen molar-refractivity contribution in [3.05, 3.63) is 52.1 Å². The quantitative estimate of drug-likeness (QED) is 0.307. The van der Waals surface area contributed by atoms with Crippen LogP contribution >= 0.6 is 11.6 Å². The molecule has 1 amide bonds. The lowest BCUT2D eigenvalue weighted by Gasteiger charge is -2.16. The number of phenols is 1. The topological polar surface area (TPSA) is 105 Å². The molecule has 3 rings (SSSR count). The number of carbonyl (C=O) groups is 3. The van der Waals surface area contributed by atoms with Gasteiger partial charge in [0.1, 0.15) is 5.75 Å². The number of ether oxygens (including phenoxy) is 1. The van der Waals surface area contributed by atoms with Gasteiger partial charge in [0.15, 0.2) is 12.9 Å². The van der Waals surface area contributed by atoms with Crippen LogP contribution in [0.2, 0.25) is 5.02 Å². The molecule has 2 heterocycles. The van der Waals surface area contributed by atoms with Gasteiger partial charge in [-0.25, -0.2) is 4.79 Å². The minimum Gasteiger partial charge on any atom is -0.506 e. The average Bonchev–Trinajstić information content (AvgIpc) is 3.34. The zero-order valence-corrected chi connectivity index (χ0v) is 19.1. The number of rotatable bonds is 4. The van der Waals surface area contributed by atoms with Gasteiger partial charge in [0.05, 0.1) is 22.9 Å². The van der Waals surface area contributed by atoms with Crippen molar-refractivity contribution >= 4 is 35.5 Å². The van der Waals surface area contributed by atoms with E-state index in [2.05, 4.69) is 5.16 Å². The SMILES string of the molecule is O=Cc1cc(O)c(Cl)c2c1C(=O)OCC/C=C/CC/C=C/C(=N\OCC(=O)N1CCCC1)C2. The van der Waals surface area contributed by atoms with E-state index in [0.717, 1.165) is 31.7 Å². The summed E-state index contributed by atoms with van der Waals surface area (Å²) in [6, 6.07) is 1.14. The van der Waals surface area contributed by atoms with Crippen molar-refractivity contribution in [3.63, 3.8) is 0 Å². The molecule has 8 nitrogen and oxygen atoms in total. The zero-order valence-electron chi connectivity index (χ0n) is 18.3. The van der Waals surface area contributed by atoms with Crippen LogP contribution < -0.4 is 0 Å². The minimum absolute atomic E-state index is 0.0112. The fourth-order valence-corrected chi connectivity index (χ4v) is 3.91. The summed E-state index contributed by atoms with van der Waals surface area (Å²) in [6.07, 6.45) is 12.0. The number of nitrogens with zero attached hydrogens (tertiary/aromatic N) is 2. The lowest BCUT2D eigenvalue weighted by molar-refractivity contribution is -0.135. The maximum absolute atomic E-state index is 12.8. The van der Waals surface area contributed by atoms with E-state index in [4.69, 9.17) is 21.2 Å².